The van der Waals surface area contributed by atoms with E-state index < -0.39 is 11.9 Å². The van der Waals surface area contributed by atoms with Gasteiger partial charge in [0, 0.05) is 12.8 Å². The number of carbonyl (C=O) groups excluding carboxylic acids is 1. The number of carbonyl (C=O) groups is 1. The van der Waals surface area contributed by atoms with Crippen molar-refractivity contribution in [3.63, 3.8) is 0 Å². The number of halogens is 2. The van der Waals surface area contributed by atoms with Gasteiger partial charge in [-0.15, -0.1) is 5.10 Å². The van der Waals surface area contributed by atoms with E-state index >= 15 is 0 Å². The maximum atomic E-state index is 13.5. The number of alkyl halides is 2. The van der Waals surface area contributed by atoms with Crippen molar-refractivity contribution >= 4 is 5.97 Å². The summed E-state index contributed by atoms with van der Waals surface area (Å²) in [6, 6.07) is 23.0. The van der Waals surface area contributed by atoms with Crippen molar-refractivity contribution in [1.29, 1.82) is 0 Å². The van der Waals surface area contributed by atoms with Crippen molar-refractivity contribution < 1.29 is 27.8 Å². The molecule has 202 valence electrons. The normalized spacial score (nSPS) is 15.1. The van der Waals surface area contributed by atoms with Gasteiger partial charge in [-0.05, 0) is 65.3 Å². The van der Waals surface area contributed by atoms with Crippen molar-refractivity contribution in [2.24, 2.45) is 0 Å². The van der Waals surface area contributed by atoms with E-state index in [1.165, 1.54) is 11.8 Å². The van der Waals surface area contributed by atoms with Crippen LogP contribution >= 0.6 is 0 Å². The standard InChI is InChI=1S/C30H29F2N3O4/c1-37-25-11-3-20(4-12-25)19-35-28(27(33-34-35)29(36)38-2)39-26-13-9-23(10-14-26)21-5-7-22(8-6-21)24-15-17-30(31,32)18-16-24/h3-14,24H,15-19H2,1-2H3. The molecule has 0 saturated heterocycles. The van der Waals surface area contributed by atoms with Gasteiger partial charge in [-0.3, -0.25) is 0 Å². The molecule has 0 radical (unpaired) electrons. The third-order valence-corrected chi connectivity index (χ3v) is 7.06. The summed E-state index contributed by atoms with van der Waals surface area (Å²) >= 11 is 0. The Kier molecular flexibility index (Phi) is 7.58. The monoisotopic (exact) mass is 533 g/mol. The van der Waals surface area contributed by atoms with E-state index in [-0.39, 0.29) is 30.3 Å². The molecular weight excluding hydrogens is 504 g/mol. The molecule has 1 aliphatic rings. The highest BCUT2D eigenvalue weighted by atomic mass is 19.3. The lowest BCUT2D eigenvalue weighted by atomic mass is 9.82. The number of hydrogen-bond acceptors (Lipinski definition) is 6. The van der Waals surface area contributed by atoms with Gasteiger partial charge in [0.1, 0.15) is 11.5 Å². The van der Waals surface area contributed by atoms with E-state index in [4.69, 9.17) is 14.2 Å². The van der Waals surface area contributed by atoms with E-state index in [2.05, 4.69) is 10.3 Å². The zero-order valence-corrected chi connectivity index (χ0v) is 21.8. The number of benzene rings is 3. The SMILES string of the molecule is COC(=O)c1nnn(Cc2ccc(OC)cc2)c1Oc1ccc(-c2ccc(C3CCC(F)(F)CC3)cc2)cc1. The smallest absolute Gasteiger partial charge is 0.364 e. The summed E-state index contributed by atoms with van der Waals surface area (Å²) in [5.74, 6) is -1.59. The third-order valence-electron chi connectivity index (χ3n) is 7.06. The fourth-order valence-electron chi connectivity index (χ4n) is 4.79. The Bertz CT molecular complexity index is 1410. The largest absolute Gasteiger partial charge is 0.497 e. The van der Waals surface area contributed by atoms with Crippen molar-refractivity contribution in [3.05, 3.63) is 89.6 Å². The van der Waals surface area contributed by atoms with Gasteiger partial charge in [0.15, 0.2) is 0 Å². The summed E-state index contributed by atoms with van der Waals surface area (Å²) in [5.41, 5.74) is 3.98. The van der Waals surface area contributed by atoms with Crippen LogP contribution in [0.25, 0.3) is 11.1 Å². The van der Waals surface area contributed by atoms with Crippen LogP contribution in [-0.4, -0.2) is 41.1 Å². The number of rotatable bonds is 8. The molecule has 1 aliphatic carbocycles. The summed E-state index contributed by atoms with van der Waals surface area (Å²) in [4.78, 5) is 12.3. The number of aromatic nitrogens is 3. The molecule has 0 atom stereocenters. The van der Waals surface area contributed by atoms with E-state index in [0.717, 1.165) is 28.0 Å². The van der Waals surface area contributed by atoms with Crippen LogP contribution in [0.2, 0.25) is 0 Å². The van der Waals surface area contributed by atoms with E-state index in [0.29, 0.717) is 25.1 Å². The Balaban J connectivity index is 1.31. The van der Waals surface area contributed by atoms with Crippen molar-refractivity contribution in [3.8, 4) is 28.5 Å². The summed E-state index contributed by atoms with van der Waals surface area (Å²) in [7, 11) is 2.88. The Morgan fingerprint density at radius 3 is 2.08 bits per heavy atom. The van der Waals surface area contributed by atoms with Gasteiger partial charge in [-0.2, -0.15) is 0 Å². The second-order valence-electron chi connectivity index (χ2n) is 9.62. The molecule has 7 nitrogen and oxygen atoms in total. The van der Waals surface area contributed by atoms with Crippen LogP contribution in [-0.2, 0) is 11.3 Å². The summed E-state index contributed by atoms with van der Waals surface area (Å²) < 4.78 is 44.7. The molecule has 0 bridgehead atoms. The average molecular weight is 534 g/mol. The predicted octanol–water partition coefficient (Wildman–Crippen LogP) is 6.87. The first-order valence-electron chi connectivity index (χ1n) is 12.8. The lowest BCUT2D eigenvalue weighted by Crippen LogP contribution is -2.23. The van der Waals surface area contributed by atoms with Crippen LogP contribution in [0.15, 0.2) is 72.8 Å². The quantitative estimate of drug-likeness (QED) is 0.230. The number of nitrogens with zero attached hydrogens (tertiary/aromatic N) is 3. The first-order valence-corrected chi connectivity index (χ1v) is 12.8. The topological polar surface area (TPSA) is 75.5 Å². The molecule has 1 saturated carbocycles. The Labute approximate surface area is 225 Å². The Hall–Kier alpha value is -4.27. The van der Waals surface area contributed by atoms with Crippen LogP contribution in [0.1, 0.15) is 53.2 Å². The van der Waals surface area contributed by atoms with Gasteiger partial charge in [0.25, 0.3) is 5.88 Å². The van der Waals surface area contributed by atoms with Gasteiger partial charge in [-0.25, -0.2) is 18.3 Å². The van der Waals surface area contributed by atoms with Gasteiger partial charge in [0.05, 0.1) is 20.8 Å². The van der Waals surface area contributed by atoms with Crippen molar-refractivity contribution in [1.82, 2.24) is 15.0 Å². The van der Waals surface area contributed by atoms with Crippen molar-refractivity contribution in [2.75, 3.05) is 14.2 Å². The fraction of sp³-hybridized carbons (Fsp3) is 0.300. The Morgan fingerprint density at radius 1 is 0.897 bits per heavy atom. The van der Waals surface area contributed by atoms with Gasteiger partial charge >= 0.3 is 5.97 Å². The number of esters is 1. The molecule has 39 heavy (non-hydrogen) atoms. The molecule has 0 aliphatic heterocycles. The molecular formula is C30H29F2N3O4. The average Bonchev–Trinajstić information content (AvgIpc) is 3.35. The lowest BCUT2D eigenvalue weighted by Gasteiger charge is -2.28. The zero-order valence-electron chi connectivity index (χ0n) is 21.8. The number of hydrogen-bond donors (Lipinski definition) is 0. The number of ether oxygens (including phenoxy) is 3. The van der Waals surface area contributed by atoms with Gasteiger partial charge < -0.3 is 14.2 Å². The third kappa shape index (κ3) is 6.08. The van der Waals surface area contributed by atoms with E-state index in [1.807, 2.05) is 60.7 Å². The summed E-state index contributed by atoms with van der Waals surface area (Å²) in [5, 5.41) is 8.09. The molecule has 9 heteroatoms. The molecule has 0 amide bonds. The molecule has 4 aromatic rings. The summed E-state index contributed by atoms with van der Waals surface area (Å²) in [6.07, 6.45) is 0.923. The molecule has 0 unspecified atom stereocenters. The second-order valence-corrected chi connectivity index (χ2v) is 9.62. The number of methoxy groups -OCH3 is 2. The van der Waals surface area contributed by atoms with Crippen LogP contribution in [0.5, 0.6) is 17.4 Å². The maximum Gasteiger partial charge on any atom is 0.364 e. The first-order chi connectivity index (χ1) is 18.8. The minimum atomic E-state index is -2.53. The molecule has 1 aromatic heterocycles. The minimum absolute atomic E-state index is 0.0221. The molecule has 1 heterocycles. The van der Waals surface area contributed by atoms with Gasteiger partial charge in [0.2, 0.25) is 11.6 Å². The molecule has 1 fully saturated rings. The predicted molar refractivity (Wildman–Crippen MR) is 142 cm³/mol. The van der Waals surface area contributed by atoms with Crippen LogP contribution < -0.4 is 9.47 Å². The van der Waals surface area contributed by atoms with Crippen LogP contribution in [0, 0.1) is 0 Å². The van der Waals surface area contributed by atoms with Crippen LogP contribution in [0.4, 0.5) is 8.78 Å². The molecule has 0 N–H and O–H groups in total. The lowest BCUT2D eigenvalue weighted by molar-refractivity contribution is -0.0382. The zero-order chi connectivity index (χ0) is 27.4. The first kappa shape index (κ1) is 26.3. The highest BCUT2D eigenvalue weighted by Gasteiger charge is 2.35. The fourth-order valence-corrected chi connectivity index (χ4v) is 4.79. The highest BCUT2D eigenvalue weighted by molar-refractivity contribution is 5.89. The van der Waals surface area contributed by atoms with E-state index in [9.17, 15) is 13.6 Å². The molecule has 3 aromatic carbocycles. The summed E-state index contributed by atoms with van der Waals surface area (Å²) in [6.45, 7) is 0.326. The van der Waals surface area contributed by atoms with Gasteiger partial charge in [-0.1, -0.05) is 53.7 Å². The van der Waals surface area contributed by atoms with Crippen LogP contribution in [0.3, 0.4) is 0 Å². The van der Waals surface area contributed by atoms with Crippen molar-refractivity contribution in [2.45, 2.75) is 44.1 Å². The molecule has 0 spiro atoms. The molecule has 5 rings (SSSR count). The maximum absolute atomic E-state index is 13.5. The highest BCUT2D eigenvalue weighted by Crippen LogP contribution is 2.41. The Morgan fingerprint density at radius 2 is 1.49 bits per heavy atom. The second kappa shape index (κ2) is 11.2. The van der Waals surface area contributed by atoms with E-state index in [1.54, 1.807) is 19.2 Å². The minimum Gasteiger partial charge on any atom is -0.497 e.